The molecular weight excluding hydrogens is 240 g/mol. The molecule has 0 atom stereocenters. The van der Waals surface area contributed by atoms with E-state index in [-0.39, 0.29) is 11.6 Å². The van der Waals surface area contributed by atoms with E-state index in [9.17, 15) is 8.78 Å². The maximum atomic E-state index is 13.4. The molecule has 0 aliphatic rings. The fraction of sp³-hybridized carbons (Fsp3) is 0.250. The first-order chi connectivity index (χ1) is 8.70. The van der Waals surface area contributed by atoms with E-state index in [4.69, 9.17) is 4.42 Å². The number of nitrogens with one attached hydrogen (secondary N) is 2. The molecule has 0 spiro atoms. The van der Waals surface area contributed by atoms with E-state index < -0.39 is 11.6 Å². The third-order valence-corrected chi connectivity index (χ3v) is 2.41. The quantitative estimate of drug-likeness (QED) is 0.860. The lowest BCUT2D eigenvalue weighted by atomic mass is 10.3. The van der Waals surface area contributed by atoms with Gasteiger partial charge in [0, 0.05) is 26.1 Å². The molecule has 0 bridgehead atoms. The number of aromatic nitrogens is 1. The second kappa shape index (κ2) is 5.48. The summed E-state index contributed by atoms with van der Waals surface area (Å²) in [5.74, 6) is -0.611. The number of furan rings is 1. The molecule has 2 aromatic heterocycles. The van der Waals surface area contributed by atoms with E-state index in [0.717, 1.165) is 11.8 Å². The molecular formula is C12H13F2N3O. The molecule has 2 aromatic rings. The topological polar surface area (TPSA) is 50.1 Å². The summed E-state index contributed by atoms with van der Waals surface area (Å²) >= 11 is 0. The Morgan fingerprint density at radius 2 is 2.06 bits per heavy atom. The van der Waals surface area contributed by atoms with E-state index in [1.165, 1.54) is 7.05 Å². The molecule has 96 valence electrons. The SMILES string of the molecule is CNc1nc(NCCc2ccco2)c(F)cc1F. The molecule has 2 heterocycles. The van der Waals surface area contributed by atoms with Crippen molar-refractivity contribution in [1.29, 1.82) is 0 Å². The Morgan fingerprint density at radius 3 is 2.72 bits per heavy atom. The van der Waals surface area contributed by atoms with Crippen molar-refractivity contribution in [3.63, 3.8) is 0 Å². The highest BCUT2D eigenvalue weighted by Crippen LogP contribution is 2.18. The average molecular weight is 253 g/mol. The van der Waals surface area contributed by atoms with E-state index in [2.05, 4.69) is 15.6 Å². The van der Waals surface area contributed by atoms with Crippen molar-refractivity contribution in [3.8, 4) is 0 Å². The van der Waals surface area contributed by atoms with Crippen LogP contribution >= 0.6 is 0 Å². The van der Waals surface area contributed by atoms with Crippen molar-refractivity contribution in [2.24, 2.45) is 0 Å². The summed E-state index contributed by atoms with van der Waals surface area (Å²) in [6.45, 7) is 0.451. The second-order valence-corrected chi connectivity index (χ2v) is 3.66. The Kier molecular flexibility index (Phi) is 3.76. The minimum absolute atomic E-state index is 0.0110. The molecule has 0 aliphatic heterocycles. The highest BCUT2D eigenvalue weighted by Gasteiger charge is 2.10. The Morgan fingerprint density at radius 1 is 1.28 bits per heavy atom. The maximum absolute atomic E-state index is 13.4. The number of nitrogens with zero attached hydrogens (tertiary/aromatic N) is 1. The number of halogens is 2. The molecule has 0 radical (unpaired) electrons. The van der Waals surface area contributed by atoms with Gasteiger partial charge in [-0.05, 0) is 12.1 Å². The van der Waals surface area contributed by atoms with Crippen molar-refractivity contribution in [3.05, 3.63) is 41.9 Å². The van der Waals surface area contributed by atoms with E-state index in [1.807, 2.05) is 6.07 Å². The minimum atomic E-state index is -0.717. The van der Waals surface area contributed by atoms with Gasteiger partial charge in [-0.25, -0.2) is 13.8 Å². The number of hydrogen-bond donors (Lipinski definition) is 2. The Balaban J connectivity index is 2.00. The van der Waals surface area contributed by atoms with Gasteiger partial charge in [0.1, 0.15) is 5.76 Å². The van der Waals surface area contributed by atoms with Gasteiger partial charge in [0.25, 0.3) is 0 Å². The summed E-state index contributed by atoms with van der Waals surface area (Å²) in [6, 6.07) is 4.41. The zero-order valence-electron chi connectivity index (χ0n) is 9.84. The molecule has 0 aliphatic carbocycles. The molecule has 0 saturated carbocycles. The van der Waals surface area contributed by atoms with Crippen LogP contribution in [0.15, 0.2) is 28.9 Å². The molecule has 6 heteroatoms. The third-order valence-electron chi connectivity index (χ3n) is 2.41. The Bertz CT molecular complexity index is 514. The predicted octanol–water partition coefficient (Wildman–Crippen LogP) is 2.65. The number of rotatable bonds is 5. The van der Waals surface area contributed by atoms with Crippen LogP contribution in [0.2, 0.25) is 0 Å². The van der Waals surface area contributed by atoms with Crippen LogP contribution < -0.4 is 10.6 Å². The van der Waals surface area contributed by atoms with Gasteiger partial charge in [-0.15, -0.1) is 0 Å². The highest BCUT2D eigenvalue weighted by molar-refractivity contribution is 5.47. The third kappa shape index (κ3) is 2.77. The van der Waals surface area contributed by atoms with Gasteiger partial charge in [-0.1, -0.05) is 0 Å². The monoisotopic (exact) mass is 253 g/mol. The lowest BCUT2D eigenvalue weighted by Gasteiger charge is -2.08. The van der Waals surface area contributed by atoms with E-state index in [0.29, 0.717) is 13.0 Å². The van der Waals surface area contributed by atoms with Crippen molar-refractivity contribution in [2.75, 3.05) is 24.2 Å². The zero-order chi connectivity index (χ0) is 13.0. The normalized spacial score (nSPS) is 10.4. The summed E-state index contributed by atoms with van der Waals surface area (Å²) in [4.78, 5) is 3.81. The first-order valence-electron chi connectivity index (χ1n) is 5.50. The van der Waals surface area contributed by atoms with Crippen molar-refractivity contribution >= 4 is 11.6 Å². The van der Waals surface area contributed by atoms with Crippen LogP contribution in [0.3, 0.4) is 0 Å². The average Bonchev–Trinajstić information content (AvgIpc) is 2.85. The molecule has 4 nitrogen and oxygen atoms in total. The molecule has 2 rings (SSSR count). The number of anilines is 2. The summed E-state index contributed by atoms with van der Waals surface area (Å²) in [7, 11) is 1.52. The van der Waals surface area contributed by atoms with Crippen LogP contribution in [-0.4, -0.2) is 18.6 Å². The lowest BCUT2D eigenvalue weighted by Crippen LogP contribution is -2.09. The molecule has 0 amide bonds. The predicted molar refractivity (Wildman–Crippen MR) is 64.6 cm³/mol. The van der Waals surface area contributed by atoms with E-state index >= 15 is 0 Å². The smallest absolute Gasteiger partial charge is 0.168 e. The van der Waals surface area contributed by atoms with Crippen LogP contribution in [0.1, 0.15) is 5.76 Å². The first-order valence-corrected chi connectivity index (χ1v) is 5.50. The van der Waals surface area contributed by atoms with Crippen LogP contribution in [-0.2, 0) is 6.42 Å². The molecule has 0 saturated heterocycles. The van der Waals surface area contributed by atoms with Crippen molar-refractivity contribution in [2.45, 2.75) is 6.42 Å². The fourth-order valence-electron chi connectivity index (χ4n) is 1.52. The molecule has 2 N–H and O–H groups in total. The first kappa shape index (κ1) is 12.3. The zero-order valence-corrected chi connectivity index (χ0v) is 9.84. The fourth-order valence-corrected chi connectivity index (χ4v) is 1.52. The van der Waals surface area contributed by atoms with Gasteiger partial charge in [-0.2, -0.15) is 0 Å². The van der Waals surface area contributed by atoms with Gasteiger partial charge in [0.15, 0.2) is 23.3 Å². The van der Waals surface area contributed by atoms with Crippen molar-refractivity contribution in [1.82, 2.24) is 4.98 Å². The standard InChI is InChI=1S/C12H13F2N3O/c1-15-11-9(13)7-10(14)12(17-11)16-5-4-8-3-2-6-18-8/h2-3,6-7H,4-5H2,1H3,(H2,15,16,17). The largest absolute Gasteiger partial charge is 0.469 e. The lowest BCUT2D eigenvalue weighted by molar-refractivity contribution is 0.512. The Hall–Kier alpha value is -2.11. The second-order valence-electron chi connectivity index (χ2n) is 3.66. The van der Waals surface area contributed by atoms with Crippen LogP contribution in [0.25, 0.3) is 0 Å². The summed E-state index contributed by atoms with van der Waals surface area (Å²) in [6.07, 6.45) is 2.17. The van der Waals surface area contributed by atoms with Gasteiger partial charge >= 0.3 is 0 Å². The Labute approximate surface area is 103 Å². The van der Waals surface area contributed by atoms with Gasteiger partial charge in [0.2, 0.25) is 0 Å². The summed E-state index contributed by atoms with van der Waals surface area (Å²) < 4.78 is 31.7. The van der Waals surface area contributed by atoms with Crippen molar-refractivity contribution < 1.29 is 13.2 Å². The molecule has 0 aromatic carbocycles. The van der Waals surface area contributed by atoms with Gasteiger partial charge < -0.3 is 15.1 Å². The highest BCUT2D eigenvalue weighted by atomic mass is 19.1. The maximum Gasteiger partial charge on any atom is 0.168 e. The van der Waals surface area contributed by atoms with Crippen LogP contribution in [0.4, 0.5) is 20.4 Å². The van der Waals surface area contributed by atoms with Gasteiger partial charge in [-0.3, -0.25) is 0 Å². The molecule has 0 unspecified atom stereocenters. The molecule has 18 heavy (non-hydrogen) atoms. The number of pyridine rings is 1. The summed E-state index contributed by atoms with van der Waals surface area (Å²) in [5, 5.41) is 5.36. The van der Waals surface area contributed by atoms with E-state index in [1.54, 1.807) is 12.3 Å². The van der Waals surface area contributed by atoms with Gasteiger partial charge in [0.05, 0.1) is 6.26 Å². The molecule has 0 fully saturated rings. The number of hydrogen-bond acceptors (Lipinski definition) is 4. The minimum Gasteiger partial charge on any atom is -0.469 e. The van der Waals surface area contributed by atoms with Crippen LogP contribution in [0.5, 0.6) is 0 Å². The van der Waals surface area contributed by atoms with Crippen LogP contribution in [0, 0.1) is 11.6 Å². The summed E-state index contributed by atoms with van der Waals surface area (Å²) in [5.41, 5.74) is 0.